The smallest absolute Gasteiger partial charge is 0.328 e. The van der Waals surface area contributed by atoms with Crippen LogP contribution in [0.4, 0.5) is 0 Å². The molecule has 0 amide bonds. The molecule has 0 unspecified atom stereocenters. The average Bonchev–Trinajstić information content (AvgIpc) is 2.75. The summed E-state index contributed by atoms with van der Waals surface area (Å²) in [5, 5.41) is 8.56. The Bertz CT molecular complexity index is 515. The third-order valence-corrected chi connectivity index (χ3v) is 2.10. The van der Waals surface area contributed by atoms with Crippen molar-refractivity contribution >= 4 is 12.0 Å². The van der Waals surface area contributed by atoms with Crippen LogP contribution < -0.4 is 0 Å². The summed E-state index contributed by atoms with van der Waals surface area (Å²) in [4.78, 5) is 14.4. The molecule has 0 atom stereocenters. The minimum Gasteiger partial charge on any atom is -0.478 e. The number of nitrogens with zero attached hydrogens (tertiary/aromatic N) is 2. The second-order valence-corrected chi connectivity index (χ2v) is 3.20. The maximum absolute atomic E-state index is 10.4. The van der Waals surface area contributed by atoms with E-state index in [0.29, 0.717) is 0 Å². The molecular weight excluding hydrogens is 204 g/mol. The molecule has 4 heteroatoms. The minimum absolute atomic E-state index is 0.730. The van der Waals surface area contributed by atoms with Gasteiger partial charge in [-0.15, -0.1) is 0 Å². The predicted octanol–water partition coefficient (Wildman–Crippen LogP) is 1.97. The van der Waals surface area contributed by atoms with Gasteiger partial charge in [-0.25, -0.2) is 9.78 Å². The van der Waals surface area contributed by atoms with Gasteiger partial charge in [-0.3, -0.25) is 4.57 Å². The van der Waals surface area contributed by atoms with Crippen molar-refractivity contribution < 1.29 is 9.90 Å². The Balaban J connectivity index is 2.37. The van der Waals surface area contributed by atoms with Crippen molar-refractivity contribution in [2.75, 3.05) is 0 Å². The van der Waals surface area contributed by atoms with Gasteiger partial charge in [-0.2, -0.15) is 0 Å². The quantitative estimate of drug-likeness (QED) is 0.795. The highest BCUT2D eigenvalue weighted by Crippen LogP contribution is 2.11. The zero-order chi connectivity index (χ0) is 11.4. The van der Waals surface area contributed by atoms with E-state index in [1.807, 2.05) is 34.9 Å². The number of hydrogen-bond donors (Lipinski definition) is 1. The van der Waals surface area contributed by atoms with Gasteiger partial charge >= 0.3 is 5.97 Å². The van der Waals surface area contributed by atoms with Crippen molar-refractivity contribution in [1.82, 2.24) is 9.55 Å². The second-order valence-electron chi connectivity index (χ2n) is 3.20. The third kappa shape index (κ3) is 2.17. The summed E-state index contributed by atoms with van der Waals surface area (Å²) in [5.74, 6) is -0.971. The number of benzene rings is 1. The summed E-state index contributed by atoms with van der Waals surface area (Å²) in [5.41, 5.74) is 1.68. The Labute approximate surface area is 92.5 Å². The van der Waals surface area contributed by atoms with Crippen LogP contribution in [0.15, 0.2) is 48.9 Å². The van der Waals surface area contributed by atoms with Gasteiger partial charge in [0.05, 0.1) is 18.2 Å². The maximum Gasteiger partial charge on any atom is 0.328 e. The van der Waals surface area contributed by atoms with E-state index in [4.69, 9.17) is 5.11 Å². The van der Waals surface area contributed by atoms with Crippen LogP contribution in [0.2, 0.25) is 0 Å². The highest BCUT2D eigenvalue weighted by atomic mass is 16.4. The molecule has 1 N–H and O–H groups in total. The summed E-state index contributed by atoms with van der Waals surface area (Å²) in [6.07, 6.45) is 5.88. The van der Waals surface area contributed by atoms with Crippen molar-refractivity contribution in [2.24, 2.45) is 0 Å². The summed E-state index contributed by atoms with van der Waals surface area (Å²) in [6.45, 7) is 0. The second kappa shape index (κ2) is 4.44. The number of aliphatic carboxylic acids is 1. The number of imidazole rings is 1. The monoisotopic (exact) mass is 214 g/mol. The lowest BCUT2D eigenvalue weighted by Gasteiger charge is -2.03. The first kappa shape index (κ1) is 10.2. The molecule has 0 radical (unpaired) electrons. The lowest BCUT2D eigenvalue weighted by molar-refractivity contribution is -0.131. The lowest BCUT2D eigenvalue weighted by Crippen LogP contribution is -1.94. The highest BCUT2D eigenvalue weighted by Gasteiger charge is 2.00. The molecule has 1 aromatic carbocycles. The molecule has 0 saturated heterocycles. The molecule has 1 aromatic heterocycles. The van der Waals surface area contributed by atoms with Crippen molar-refractivity contribution in [3.8, 4) is 5.69 Å². The first-order valence-corrected chi connectivity index (χ1v) is 4.76. The van der Waals surface area contributed by atoms with Crippen LogP contribution in [0.25, 0.3) is 11.8 Å². The number of carboxylic acids is 1. The molecular formula is C12H10N2O2. The summed E-state index contributed by atoms with van der Waals surface area (Å²) in [7, 11) is 0. The van der Waals surface area contributed by atoms with Crippen LogP contribution in [0.3, 0.4) is 0 Å². The van der Waals surface area contributed by atoms with Crippen LogP contribution in [-0.4, -0.2) is 20.6 Å². The molecule has 2 rings (SSSR count). The van der Waals surface area contributed by atoms with E-state index in [2.05, 4.69) is 4.98 Å². The zero-order valence-electron chi connectivity index (χ0n) is 8.45. The van der Waals surface area contributed by atoms with Crippen molar-refractivity contribution in [3.63, 3.8) is 0 Å². The van der Waals surface area contributed by atoms with Crippen molar-refractivity contribution in [2.45, 2.75) is 0 Å². The van der Waals surface area contributed by atoms with Gasteiger partial charge in [-0.05, 0) is 18.2 Å². The predicted molar refractivity (Wildman–Crippen MR) is 60.2 cm³/mol. The van der Waals surface area contributed by atoms with E-state index in [0.717, 1.165) is 17.5 Å². The number of carboxylic acid groups (broad SMARTS) is 1. The molecule has 1 heterocycles. The Kier molecular flexibility index (Phi) is 2.82. The van der Waals surface area contributed by atoms with E-state index < -0.39 is 5.97 Å². The van der Waals surface area contributed by atoms with Crippen molar-refractivity contribution in [1.29, 1.82) is 0 Å². The topological polar surface area (TPSA) is 55.1 Å². The molecule has 80 valence electrons. The summed E-state index contributed by atoms with van der Waals surface area (Å²) < 4.78 is 1.82. The standard InChI is InChI=1S/C12H10N2O2/c15-12(16)7-6-11-8-13-9-14(11)10-4-2-1-3-5-10/h1-9H,(H,15,16). The highest BCUT2D eigenvalue weighted by molar-refractivity contribution is 5.85. The lowest BCUT2D eigenvalue weighted by atomic mass is 10.3. The summed E-state index contributed by atoms with van der Waals surface area (Å²) >= 11 is 0. The van der Waals surface area contributed by atoms with Gasteiger partial charge in [0.25, 0.3) is 0 Å². The molecule has 0 aliphatic rings. The van der Waals surface area contributed by atoms with Crippen LogP contribution >= 0.6 is 0 Å². The molecule has 4 nitrogen and oxygen atoms in total. The molecule has 0 saturated carbocycles. The van der Waals surface area contributed by atoms with Gasteiger partial charge in [0.2, 0.25) is 0 Å². The van der Waals surface area contributed by atoms with Crippen LogP contribution in [-0.2, 0) is 4.79 Å². The number of hydrogen-bond acceptors (Lipinski definition) is 2. The SMILES string of the molecule is O=C(O)C=Cc1cncn1-c1ccccc1. The first-order chi connectivity index (χ1) is 7.77. The van der Waals surface area contributed by atoms with Crippen LogP contribution in [0.5, 0.6) is 0 Å². The molecule has 0 aliphatic carbocycles. The zero-order valence-corrected chi connectivity index (χ0v) is 8.45. The van der Waals surface area contributed by atoms with Crippen LogP contribution in [0.1, 0.15) is 5.69 Å². The van der Waals surface area contributed by atoms with Gasteiger partial charge in [0.1, 0.15) is 0 Å². The molecule has 2 aromatic rings. The van der Waals surface area contributed by atoms with Crippen LogP contribution in [0, 0.1) is 0 Å². The molecule has 0 bridgehead atoms. The fraction of sp³-hybridized carbons (Fsp3) is 0. The largest absolute Gasteiger partial charge is 0.478 e. The van der Waals surface area contributed by atoms with Gasteiger partial charge in [0.15, 0.2) is 0 Å². The van der Waals surface area contributed by atoms with E-state index in [1.165, 1.54) is 6.08 Å². The van der Waals surface area contributed by atoms with E-state index in [-0.39, 0.29) is 0 Å². The van der Waals surface area contributed by atoms with Gasteiger partial charge < -0.3 is 5.11 Å². The van der Waals surface area contributed by atoms with Crippen molar-refractivity contribution in [3.05, 3.63) is 54.6 Å². The molecule has 0 aliphatic heterocycles. The normalized spacial score (nSPS) is 10.8. The van der Waals surface area contributed by atoms with E-state index >= 15 is 0 Å². The Hall–Kier alpha value is -2.36. The molecule has 16 heavy (non-hydrogen) atoms. The number of carbonyl (C=O) groups is 1. The Morgan fingerprint density at radius 3 is 2.75 bits per heavy atom. The van der Waals surface area contributed by atoms with E-state index in [9.17, 15) is 4.79 Å². The average molecular weight is 214 g/mol. The number of rotatable bonds is 3. The fourth-order valence-corrected chi connectivity index (χ4v) is 1.39. The molecule has 0 fully saturated rings. The number of aromatic nitrogens is 2. The first-order valence-electron chi connectivity index (χ1n) is 4.76. The summed E-state index contributed by atoms with van der Waals surface area (Å²) in [6, 6.07) is 9.62. The maximum atomic E-state index is 10.4. The Morgan fingerprint density at radius 2 is 2.06 bits per heavy atom. The van der Waals surface area contributed by atoms with Gasteiger partial charge in [-0.1, -0.05) is 18.2 Å². The van der Waals surface area contributed by atoms with E-state index in [1.54, 1.807) is 12.5 Å². The fourth-order valence-electron chi connectivity index (χ4n) is 1.39. The minimum atomic E-state index is -0.971. The third-order valence-electron chi connectivity index (χ3n) is 2.10. The van der Waals surface area contributed by atoms with Gasteiger partial charge in [0, 0.05) is 11.8 Å². The number of para-hydroxylation sites is 1. The Morgan fingerprint density at radius 1 is 1.31 bits per heavy atom. The molecule has 0 spiro atoms.